The van der Waals surface area contributed by atoms with Crippen molar-refractivity contribution in [3.8, 4) is 0 Å². The summed E-state index contributed by atoms with van der Waals surface area (Å²) in [6.07, 6.45) is 5.08. The minimum Gasteiger partial charge on any atom is -0.330 e. The fourth-order valence-corrected chi connectivity index (χ4v) is 3.32. The largest absolute Gasteiger partial charge is 0.330 e. The number of rotatable bonds is 8. The van der Waals surface area contributed by atoms with Crippen LogP contribution in [0.3, 0.4) is 0 Å². The van der Waals surface area contributed by atoms with Crippen molar-refractivity contribution in [2.75, 3.05) is 11.9 Å². The summed E-state index contributed by atoms with van der Waals surface area (Å²) in [7, 11) is 0. The van der Waals surface area contributed by atoms with Gasteiger partial charge in [-0.3, -0.25) is 10.1 Å². The number of hydrogen-bond donors (Lipinski definition) is 2. The van der Waals surface area contributed by atoms with E-state index < -0.39 is 0 Å². The number of nitrogens with two attached hydrogens (primary N) is 1. The molecule has 3 N–H and O–H groups in total. The molecular formula is C13H20ClN5OS2. The molecule has 0 saturated carbocycles. The van der Waals surface area contributed by atoms with Crippen molar-refractivity contribution < 1.29 is 4.79 Å². The standard InChI is InChI=1S/C13H19N5OS2.ClH/c1-2-3-4-5-11-17-18-13(21-11)16-12(19)9-8-20-10(15-9)6-7-14;/h8H,2-7,14H2,1H3,(H,16,18,19);1H. The molecule has 0 radical (unpaired) electrons. The van der Waals surface area contributed by atoms with E-state index in [0.717, 1.165) is 22.9 Å². The lowest BCUT2D eigenvalue weighted by molar-refractivity contribution is 0.102. The smallest absolute Gasteiger partial charge is 0.276 e. The van der Waals surface area contributed by atoms with Crippen LogP contribution in [0.4, 0.5) is 5.13 Å². The van der Waals surface area contributed by atoms with Crippen molar-refractivity contribution in [2.24, 2.45) is 5.73 Å². The highest BCUT2D eigenvalue weighted by molar-refractivity contribution is 7.15. The molecule has 0 aliphatic carbocycles. The Balaban J connectivity index is 0.00000242. The Labute approximate surface area is 144 Å². The van der Waals surface area contributed by atoms with E-state index in [9.17, 15) is 4.79 Å². The van der Waals surface area contributed by atoms with E-state index in [-0.39, 0.29) is 18.3 Å². The summed E-state index contributed by atoms with van der Waals surface area (Å²) in [5, 5.41) is 14.9. The van der Waals surface area contributed by atoms with Crippen LogP contribution in [-0.4, -0.2) is 27.6 Å². The SMILES string of the molecule is CCCCCc1nnc(NC(=O)c2csc(CCN)n2)s1.Cl. The first-order valence-electron chi connectivity index (χ1n) is 7.01. The topological polar surface area (TPSA) is 93.8 Å². The van der Waals surface area contributed by atoms with Gasteiger partial charge >= 0.3 is 0 Å². The third-order valence-electron chi connectivity index (χ3n) is 2.82. The van der Waals surface area contributed by atoms with Crippen molar-refractivity contribution in [3.63, 3.8) is 0 Å². The molecule has 2 aromatic rings. The Kier molecular flexibility index (Phi) is 8.47. The number of nitrogens with zero attached hydrogens (tertiary/aromatic N) is 3. The maximum absolute atomic E-state index is 12.0. The number of amides is 1. The van der Waals surface area contributed by atoms with Crippen LogP contribution < -0.4 is 11.1 Å². The van der Waals surface area contributed by atoms with Crippen LogP contribution >= 0.6 is 35.1 Å². The van der Waals surface area contributed by atoms with Crippen molar-refractivity contribution in [2.45, 2.75) is 39.0 Å². The van der Waals surface area contributed by atoms with E-state index in [2.05, 4.69) is 27.4 Å². The molecule has 9 heteroatoms. The van der Waals surface area contributed by atoms with Gasteiger partial charge in [0.1, 0.15) is 10.7 Å². The summed E-state index contributed by atoms with van der Waals surface area (Å²) in [5.41, 5.74) is 5.88. The Bertz CT molecular complexity index is 587. The summed E-state index contributed by atoms with van der Waals surface area (Å²) >= 11 is 2.87. The lowest BCUT2D eigenvalue weighted by Crippen LogP contribution is -2.12. The van der Waals surface area contributed by atoms with Gasteiger partial charge in [-0.15, -0.1) is 33.9 Å². The van der Waals surface area contributed by atoms with Crippen molar-refractivity contribution in [3.05, 3.63) is 21.1 Å². The Morgan fingerprint density at radius 2 is 2.09 bits per heavy atom. The van der Waals surface area contributed by atoms with Crippen LogP contribution in [0.2, 0.25) is 0 Å². The zero-order chi connectivity index (χ0) is 15.1. The monoisotopic (exact) mass is 361 g/mol. The predicted octanol–water partition coefficient (Wildman–Crippen LogP) is 2.90. The molecule has 0 aliphatic heterocycles. The van der Waals surface area contributed by atoms with Gasteiger partial charge in [-0.05, 0) is 13.0 Å². The number of carbonyl (C=O) groups excluding carboxylic acids is 1. The van der Waals surface area contributed by atoms with E-state index in [0.29, 0.717) is 23.8 Å². The molecule has 2 aromatic heterocycles. The van der Waals surface area contributed by atoms with Gasteiger partial charge < -0.3 is 5.73 Å². The number of unbranched alkanes of at least 4 members (excludes halogenated alkanes) is 2. The Morgan fingerprint density at radius 1 is 1.27 bits per heavy atom. The first-order valence-corrected chi connectivity index (χ1v) is 8.70. The molecular weight excluding hydrogens is 342 g/mol. The number of aromatic nitrogens is 3. The van der Waals surface area contributed by atoms with Crippen LogP contribution in [0.5, 0.6) is 0 Å². The summed E-state index contributed by atoms with van der Waals surface area (Å²) < 4.78 is 0. The lowest BCUT2D eigenvalue weighted by atomic mass is 10.2. The van der Waals surface area contributed by atoms with Crippen molar-refractivity contribution in [1.29, 1.82) is 0 Å². The molecule has 0 aromatic carbocycles. The molecule has 0 saturated heterocycles. The third kappa shape index (κ3) is 5.60. The van der Waals surface area contributed by atoms with E-state index in [1.165, 1.54) is 35.5 Å². The first kappa shape index (κ1) is 19.0. The lowest BCUT2D eigenvalue weighted by Gasteiger charge is -1.96. The number of nitrogens with one attached hydrogen (secondary N) is 1. The van der Waals surface area contributed by atoms with Crippen LogP contribution in [0, 0.1) is 0 Å². The van der Waals surface area contributed by atoms with E-state index in [1.54, 1.807) is 5.38 Å². The van der Waals surface area contributed by atoms with Crippen LogP contribution in [-0.2, 0) is 12.8 Å². The molecule has 122 valence electrons. The summed E-state index contributed by atoms with van der Waals surface area (Å²) in [5.74, 6) is -0.245. The van der Waals surface area contributed by atoms with E-state index >= 15 is 0 Å². The second kappa shape index (κ2) is 9.83. The maximum atomic E-state index is 12.0. The average Bonchev–Trinajstić information content (AvgIpc) is 3.09. The first-order chi connectivity index (χ1) is 10.2. The molecule has 0 aliphatic rings. The highest BCUT2D eigenvalue weighted by atomic mass is 35.5. The molecule has 0 fully saturated rings. The van der Waals surface area contributed by atoms with E-state index in [4.69, 9.17) is 5.73 Å². The summed E-state index contributed by atoms with van der Waals surface area (Å²) in [6, 6.07) is 0. The predicted molar refractivity (Wildman–Crippen MR) is 93.2 cm³/mol. The van der Waals surface area contributed by atoms with Gasteiger partial charge in [-0.25, -0.2) is 4.98 Å². The minimum absolute atomic E-state index is 0. The highest BCUT2D eigenvalue weighted by Crippen LogP contribution is 2.19. The zero-order valence-corrected chi connectivity index (χ0v) is 14.8. The molecule has 0 bridgehead atoms. The zero-order valence-electron chi connectivity index (χ0n) is 12.4. The van der Waals surface area contributed by atoms with E-state index in [1.807, 2.05) is 0 Å². The fourth-order valence-electron chi connectivity index (χ4n) is 1.75. The van der Waals surface area contributed by atoms with Gasteiger partial charge in [-0.2, -0.15) is 0 Å². The number of thiazole rings is 1. The molecule has 6 nitrogen and oxygen atoms in total. The number of carbonyl (C=O) groups is 1. The normalized spacial score (nSPS) is 10.3. The number of aryl methyl sites for hydroxylation is 1. The van der Waals surface area contributed by atoms with Crippen LogP contribution in [0.1, 0.15) is 46.7 Å². The van der Waals surface area contributed by atoms with Gasteiger partial charge in [0.05, 0.1) is 5.01 Å². The minimum atomic E-state index is -0.245. The number of hydrogen-bond acceptors (Lipinski definition) is 7. The third-order valence-corrected chi connectivity index (χ3v) is 4.63. The van der Waals surface area contributed by atoms with Gasteiger partial charge in [0, 0.05) is 18.2 Å². The van der Waals surface area contributed by atoms with Crippen LogP contribution in [0.15, 0.2) is 5.38 Å². The number of halogens is 1. The average molecular weight is 362 g/mol. The van der Waals surface area contributed by atoms with Crippen molar-refractivity contribution in [1.82, 2.24) is 15.2 Å². The Hall–Kier alpha value is -1.09. The molecule has 2 heterocycles. The Morgan fingerprint density at radius 3 is 2.82 bits per heavy atom. The molecule has 22 heavy (non-hydrogen) atoms. The fraction of sp³-hybridized carbons (Fsp3) is 0.538. The van der Waals surface area contributed by atoms with Gasteiger partial charge in [0.15, 0.2) is 0 Å². The second-order valence-electron chi connectivity index (χ2n) is 4.58. The molecule has 0 unspecified atom stereocenters. The number of anilines is 1. The quantitative estimate of drug-likeness (QED) is 0.705. The summed E-state index contributed by atoms with van der Waals surface area (Å²) in [6.45, 7) is 2.70. The molecule has 0 spiro atoms. The summed E-state index contributed by atoms with van der Waals surface area (Å²) in [4.78, 5) is 16.3. The van der Waals surface area contributed by atoms with Gasteiger partial charge in [0.25, 0.3) is 5.91 Å². The second-order valence-corrected chi connectivity index (χ2v) is 6.58. The van der Waals surface area contributed by atoms with Gasteiger partial charge in [0.2, 0.25) is 5.13 Å². The van der Waals surface area contributed by atoms with Gasteiger partial charge in [-0.1, -0.05) is 31.1 Å². The maximum Gasteiger partial charge on any atom is 0.276 e. The molecule has 2 rings (SSSR count). The molecule has 1 amide bonds. The van der Waals surface area contributed by atoms with Crippen molar-refractivity contribution >= 4 is 46.1 Å². The van der Waals surface area contributed by atoms with Crippen LogP contribution in [0.25, 0.3) is 0 Å². The molecule has 0 atom stereocenters. The highest BCUT2D eigenvalue weighted by Gasteiger charge is 2.13.